The maximum Gasteiger partial charge on any atom is 0.141 e. The van der Waals surface area contributed by atoms with Gasteiger partial charge < -0.3 is 9.84 Å². The third-order valence-corrected chi connectivity index (χ3v) is 6.49. The number of hydrogen-bond acceptors (Lipinski definition) is 3. The lowest BCUT2D eigenvalue weighted by Crippen LogP contribution is -2.35. The Bertz CT molecular complexity index is 648. The Balaban J connectivity index is 0.000000880. The van der Waals surface area contributed by atoms with Crippen LogP contribution in [0.4, 0.5) is 0 Å². The van der Waals surface area contributed by atoms with E-state index in [0.717, 1.165) is 32.1 Å². The first-order valence-corrected chi connectivity index (χ1v) is 9.45. The summed E-state index contributed by atoms with van der Waals surface area (Å²) in [6.45, 7) is 3.31. The SMILES string of the molecule is C#C.CCOCC1CC2C(CCC3c4ccc(O)cc4CCC32)C1=O. The quantitative estimate of drug-likeness (QED) is 0.848. The van der Waals surface area contributed by atoms with E-state index in [0.29, 0.717) is 42.5 Å². The number of phenols is 1. The second kappa shape index (κ2) is 7.62. The molecule has 134 valence electrons. The molecular weight excluding hydrogens is 312 g/mol. The minimum atomic E-state index is 0.130. The highest BCUT2D eigenvalue weighted by Gasteiger charge is 2.50. The molecule has 0 aliphatic heterocycles. The lowest BCUT2D eigenvalue weighted by atomic mass is 9.61. The Labute approximate surface area is 150 Å². The zero-order valence-electron chi connectivity index (χ0n) is 15.0. The van der Waals surface area contributed by atoms with Crippen molar-refractivity contribution < 1.29 is 14.6 Å². The Morgan fingerprint density at radius 1 is 1.16 bits per heavy atom. The Kier molecular flexibility index (Phi) is 5.49. The van der Waals surface area contributed by atoms with Crippen LogP contribution in [0.5, 0.6) is 5.75 Å². The van der Waals surface area contributed by atoms with Gasteiger partial charge in [0.05, 0.1) is 6.61 Å². The first kappa shape index (κ1) is 18.0. The number of ether oxygens (including phenoxy) is 1. The Morgan fingerprint density at radius 3 is 2.68 bits per heavy atom. The molecule has 25 heavy (non-hydrogen) atoms. The summed E-state index contributed by atoms with van der Waals surface area (Å²) in [4.78, 5) is 12.7. The summed E-state index contributed by atoms with van der Waals surface area (Å²) in [5.74, 6) is 3.03. The lowest BCUT2D eigenvalue weighted by molar-refractivity contribution is -0.126. The van der Waals surface area contributed by atoms with Gasteiger partial charge in [0, 0.05) is 18.4 Å². The average Bonchev–Trinajstić information content (AvgIpc) is 2.97. The van der Waals surface area contributed by atoms with E-state index in [4.69, 9.17) is 4.74 Å². The molecule has 5 unspecified atom stereocenters. The second-order valence-corrected chi connectivity index (χ2v) is 7.53. The van der Waals surface area contributed by atoms with Crippen LogP contribution in [0, 0.1) is 36.5 Å². The van der Waals surface area contributed by atoms with E-state index in [2.05, 4.69) is 18.9 Å². The molecule has 5 atom stereocenters. The highest BCUT2D eigenvalue weighted by Crippen LogP contribution is 2.55. The first-order valence-electron chi connectivity index (χ1n) is 9.45. The van der Waals surface area contributed by atoms with E-state index < -0.39 is 0 Å². The van der Waals surface area contributed by atoms with Crippen molar-refractivity contribution in [3.63, 3.8) is 0 Å². The summed E-state index contributed by atoms with van der Waals surface area (Å²) >= 11 is 0. The second-order valence-electron chi connectivity index (χ2n) is 7.53. The first-order chi connectivity index (χ1) is 12.2. The highest BCUT2D eigenvalue weighted by molar-refractivity contribution is 5.86. The topological polar surface area (TPSA) is 46.5 Å². The van der Waals surface area contributed by atoms with Gasteiger partial charge in [-0.25, -0.2) is 0 Å². The minimum absolute atomic E-state index is 0.130. The van der Waals surface area contributed by atoms with Crippen molar-refractivity contribution >= 4 is 5.78 Å². The molecule has 3 nitrogen and oxygen atoms in total. The number of carbonyl (C=O) groups excluding carboxylic acids is 1. The fourth-order valence-electron chi connectivity index (χ4n) is 5.53. The number of rotatable bonds is 3. The maximum atomic E-state index is 12.7. The van der Waals surface area contributed by atoms with Crippen molar-refractivity contribution in [1.82, 2.24) is 0 Å². The molecule has 2 fully saturated rings. The molecule has 0 bridgehead atoms. The van der Waals surface area contributed by atoms with Gasteiger partial charge in [0.25, 0.3) is 0 Å². The van der Waals surface area contributed by atoms with Gasteiger partial charge in [0.2, 0.25) is 0 Å². The molecule has 0 radical (unpaired) electrons. The van der Waals surface area contributed by atoms with Crippen molar-refractivity contribution in [3.05, 3.63) is 29.3 Å². The van der Waals surface area contributed by atoms with Gasteiger partial charge in [-0.15, -0.1) is 12.8 Å². The molecule has 4 rings (SSSR count). The van der Waals surface area contributed by atoms with Crippen molar-refractivity contribution in [2.24, 2.45) is 23.7 Å². The third-order valence-electron chi connectivity index (χ3n) is 6.49. The minimum Gasteiger partial charge on any atom is -0.508 e. The highest BCUT2D eigenvalue weighted by atomic mass is 16.5. The molecule has 0 spiro atoms. The number of terminal acetylenes is 1. The number of ketones is 1. The van der Waals surface area contributed by atoms with Crippen molar-refractivity contribution in [1.29, 1.82) is 0 Å². The molecule has 3 heteroatoms. The molecule has 2 saturated carbocycles. The number of Topliss-reactive ketones (excluding diaryl/α,β-unsaturated/α-hetero) is 1. The summed E-state index contributed by atoms with van der Waals surface area (Å²) in [5, 5.41) is 9.73. The number of aromatic hydroxyl groups is 1. The van der Waals surface area contributed by atoms with Gasteiger partial charge in [0.1, 0.15) is 11.5 Å². The molecular formula is C22H28O3. The van der Waals surface area contributed by atoms with Crippen LogP contribution >= 0.6 is 0 Å². The molecule has 0 amide bonds. The number of carbonyl (C=O) groups is 1. The summed E-state index contributed by atoms with van der Waals surface area (Å²) in [5.41, 5.74) is 2.75. The molecule has 0 aromatic heterocycles. The predicted molar refractivity (Wildman–Crippen MR) is 98.4 cm³/mol. The van der Waals surface area contributed by atoms with E-state index in [1.165, 1.54) is 11.1 Å². The Hall–Kier alpha value is -1.79. The zero-order valence-corrected chi connectivity index (χ0v) is 15.0. The normalized spacial score (nSPS) is 32.8. The third kappa shape index (κ3) is 3.20. The van der Waals surface area contributed by atoms with Gasteiger partial charge >= 0.3 is 0 Å². The molecule has 3 aliphatic rings. The number of fused-ring (bicyclic) bond motifs is 5. The summed E-state index contributed by atoms with van der Waals surface area (Å²) in [7, 11) is 0. The summed E-state index contributed by atoms with van der Waals surface area (Å²) in [6, 6.07) is 5.89. The molecule has 3 aliphatic carbocycles. The monoisotopic (exact) mass is 340 g/mol. The molecule has 1 aromatic carbocycles. The van der Waals surface area contributed by atoms with Crippen molar-refractivity contribution in [2.45, 2.75) is 44.9 Å². The largest absolute Gasteiger partial charge is 0.508 e. The van der Waals surface area contributed by atoms with E-state index in [1.54, 1.807) is 0 Å². The van der Waals surface area contributed by atoms with Crippen molar-refractivity contribution in [3.8, 4) is 18.6 Å². The predicted octanol–water partition coefficient (Wildman–Crippen LogP) is 3.94. The number of phenolic OH excluding ortho intramolecular Hbond substituents is 1. The van der Waals surface area contributed by atoms with Gasteiger partial charge in [-0.3, -0.25) is 4.79 Å². The van der Waals surface area contributed by atoms with Gasteiger partial charge in [-0.2, -0.15) is 0 Å². The number of hydrogen-bond donors (Lipinski definition) is 1. The Morgan fingerprint density at radius 2 is 1.92 bits per heavy atom. The van der Waals surface area contributed by atoms with Crippen LogP contribution in [0.15, 0.2) is 18.2 Å². The van der Waals surface area contributed by atoms with Crippen LogP contribution in [0.2, 0.25) is 0 Å². The van der Waals surface area contributed by atoms with Gasteiger partial charge in [-0.05, 0) is 80.0 Å². The van der Waals surface area contributed by atoms with E-state index >= 15 is 0 Å². The number of benzene rings is 1. The fourth-order valence-corrected chi connectivity index (χ4v) is 5.53. The van der Waals surface area contributed by atoms with Crippen LogP contribution in [0.3, 0.4) is 0 Å². The fraction of sp³-hybridized carbons (Fsp3) is 0.591. The smallest absolute Gasteiger partial charge is 0.141 e. The van der Waals surface area contributed by atoms with Crippen LogP contribution in [-0.2, 0) is 16.0 Å². The van der Waals surface area contributed by atoms with Gasteiger partial charge in [0.15, 0.2) is 0 Å². The van der Waals surface area contributed by atoms with Gasteiger partial charge in [-0.1, -0.05) is 6.07 Å². The van der Waals surface area contributed by atoms with Crippen LogP contribution in [-0.4, -0.2) is 24.1 Å². The molecule has 0 saturated heterocycles. The van der Waals surface area contributed by atoms with E-state index in [9.17, 15) is 9.90 Å². The van der Waals surface area contributed by atoms with E-state index in [-0.39, 0.29) is 11.8 Å². The standard InChI is InChI=1S/C20H26O3.C2H2/c1-2-23-11-13-10-19-17-5-3-12-9-14(21)4-6-15(12)16(17)7-8-18(19)20(13)22;1-2/h4,6,9,13,16-19,21H,2-3,5,7-8,10-11H2,1H3;1-2H. The van der Waals surface area contributed by atoms with Crippen LogP contribution < -0.4 is 0 Å². The molecule has 1 aromatic rings. The molecule has 1 N–H and O–H groups in total. The summed E-state index contributed by atoms with van der Waals surface area (Å²) in [6.07, 6.45) is 13.4. The lowest BCUT2D eigenvalue weighted by Gasteiger charge is -2.43. The number of aryl methyl sites for hydroxylation is 1. The average molecular weight is 340 g/mol. The van der Waals surface area contributed by atoms with Crippen LogP contribution in [0.1, 0.15) is 49.7 Å². The summed E-state index contributed by atoms with van der Waals surface area (Å²) < 4.78 is 5.55. The molecule has 0 heterocycles. The van der Waals surface area contributed by atoms with Crippen LogP contribution in [0.25, 0.3) is 0 Å². The van der Waals surface area contributed by atoms with E-state index in [1.807, 2.05) is 19.1 Å². The maximum absolute atomic E-state index is 12.7. The zero-order chi connectivity index (χ0) is 18.0. The van der Waals surface area contributed by atoms with Crippen molar-refractivity contribution in [2.75, 3.05) is 13.2 Å².